The number of allylic oxidation sites excluding steroid dienone is 1. The van der Waals surface area contributed by atoms with Gasteiger partial charge in [-0.15, -0.1) is 6.58 Å². The Hall–Kier alpha value is -0.340. The van der Waals surface area contributed by atoms with E-state index in [1.165, 1.54) is 0 Å². The lowest BCUT2D eigenvalue weighted by molar-refractivity contribution is -0.223. The Labute approximate surface area is 75.6 Å². The van der Waals surface area contributed by atoms with Gasteiger partial charge >= 0.3 is 0 Å². The molecule has 12 heavy (non-hydrogen) atoms. The average molecular weight is 172 g/mol. The highest BCUT2D eigenvalue weighted by Crippen LogP contribution is 2.19. The van der Waals surface area contributed by atoms with E-state index >= 15 is 0 Å². The third-order valence-corrected chi connectivity index (χ3v) is 1.70. The van der Waals surface area contributed by atoms with Crippen molar-refractivity contribution in [2.45, 2.75) is 39.4 Å². The first-order valence-electron chi connectivity index (χ1n) is 4.57. The van der Waals surface area contributed by atoms with Gasteiger partial charge in [-0.3, -0.25) is 0 Å². The van der Waals surface area contributed by atoms with Gasteiger partial charge in [-0.25, -0.2) is 0 Å². The molecule has 2 nitrogen and oxygen atoms in total. The highest BCUT2D eigenvalue weighted by molar-refractivity contribution is 4.72. The van der Waals surface area contributed by atoms with E-state index in [1.54, 1.807) is 0 Å². The quantitative estimate of drug-likeness (QED) is 0.434. The van der Waals surface area contributed by atoms with Crippen molar-refractivity contribution in [2.75, 3.05) is 13.2 Å². The van der Waals surface area contributed by atoms with Crippen LogP contribution < -0.4 is 0 Å². The SMILES string of the molecule is C=CCCC(C)(OCC)OCC. The normalized spacial score (nSPS) is 11.6. The molecule has 0 fully saturated rings. The lowest BCUT2D eigenvalue weighted by Crippen LogP contribution is -2.32. The minimum Gasteiger partial charge on any atom is -0.351 e. The smallest absolute Gasteiger partial charge is 0.165 e. The maximum absolute atomic E-state index is 5.50. The molecule has 0 aromatic rings. The van der Waals surface area contributed by atoms with Crippen LogP contribution in [-0.4, -0.2) is 19.0 Å². The van der Waals surface area contributed by atoms with E-state index in [0.29, 0.717) is 13.2 Å². The second-order valence-corrected chi connectivity index (χ2v) is 2.83. The summed E-state index contributed by atoms with van der Waals surface area (Å²) in [7, 11) is 0. The van der Waals surface area contributed by atoms with Crippen LogP contribution >= 0.6 is 0 Å². The summed E-state index contributed by atoms with van der Waals surface area (Å²) in [5.74, 6) is -0.419. The van der Waals surface area contributed by atoms with Crippen molar-refractivity contribution in [3.63, 3.8) is 0 Å². The second-order valence-electron chi connectivity index (χ2n) is 2.83. The summed E-state index contributed by atoms with van der Waals surface area (Å²) in [5.41, 5.74) is 0. The van der Waals surface area contributed by atoms with Crippen molar-refractivity contribution in [1.29, 1.82) is 0 Å². The van der Waals surface area contributed by atoms with Gasteiger partial charge in [0.1, 0.15) is 0 Å². The van der Waals surface area contributed by atoms with Crippen LogP contribution in [0.15, 0.2) is 12.7 Å². The van der Waals surface area contributed by atoms with E-state index < -0.39 is 5.79 Å². The molecule has 0 rings (SSSR count). The van der Waals surface area contributed by atoms with Crippen LogP contribution in [0.4, 0.5) is 0 Å². The zero-order chi connectivity index (χ0) is 9.45. The molecule has 0 saturated carbocycles. The number of hydrogen-bond acceptors (Lipinski definition) is 2. The standard InChI is InChI=1S/C10H20O2/c1-5-8-9-10(4,11-6-2)12-7-3/h5H,1,6-9H2,2-4H3. The monoisotopic (exact) mass is 172 g/mol. The number of ether oxygens (including phenoxy) is 2. The topological polar surface area (TPSA) is 18.5 Å². The van der Waals surface area contributed by atoms with Crippen LogP contribution in [0.2, 0.25) is 0 Å². The van der Waals surface area contributed by atoms with E-state index in [0.717, 1.165) is 12.8 Å². The maximum Gasteiger partial charge on any atom is 0.165 e. The highest BCUT2D eigenvalue weighted by Gasteiger charge is 2.23. The summed E-state index contributed by atoms with van der Waals surface area (Å²) >= 11 is 0. The molecule has 0 saturated heterocycles. The van der Waals surface area contributed by atoms with Gasteiger partial charge in [-0.2, -0.15) is 0 Å². The fourth-order valence-corrected chi connectivity index (χ4v) is 1.16. The maximum atomic E-state index is 5.50. The molecule has 0 N–H and O–H groups in total. The van der Waals surface area contributed by atoms with E-state index in [1.807, 2.05) is 26.8 Å². The van der Waals surface area contributed by atoms with E-state index in [2.05, 4.69) is 6.58 Å². The zero-order valence-electron chi connectivity index (χ0n) is 8.43. The zero-order valence-corrected chi connectivity index (χ0v) is 8.43. The highest BCUT2D eigenvalue weighted by atomic mass is 16.7. The van der Waals surface area contributed by atoms with E-state index in [-0.39, 0.29) is 0 Å². The first-order chi connectivity index (χ1) is 5.68. The lowest BCUT2D eigenvalue weighted by atomic mass is 10.1. The molecule has 0 atom stereocenters. The van der Waals surface area contributed by atoms with Crippen LogP contribution in [0.3, 0.4) is 0 Å². The molecule has 0 aromatic heterocycles. The van der Waals surface area contributed by atoms with Crippen LogP contribution in [-0.2, 0) is 9.47 Å². The van der Waals surface area contributed by atoms with Crippen LogP contribution in [0.5, 0.6) is 0 Å². The number of hydrogen-bond donors (Lipinski definition) is 0. The largest absolute Gasteiger partial charge is 0.351 e. The molecular formula is C10H20O2. The summed E-state index contributed by atoms with van der Waals surface area (Å²) in [6.07, 6.45) is 3.69. The molecular weight excluding hydrogens is 152 g/mol. The molecule has 0 bridgehead atoms. The summed E-state index contributed by atoms with van der Waals surface area (Å²) in [6.45, 7) is 11.0. The van der Waals surface area contributed by atoms with Crippen molar-refractivity contribution in [3.05, 3.63) is 12.7 Å². The Balaban J connectivity index is 3.88. The Morgan fingerprint density at radius 2 is 1.75 bits per heavy atom. The van der Waals surface area contributed by atoms with Crippen LogP contribution in [0.25, 0.3) is 0 Å². The molecule has 0 heterocycles. The molecule has 0 unspecified atom stereocenters. The third kappa shape index (κ3) is 4.52. The summed E-state index contributed by atoms with van der Waals surface area (Å²) in [4.78, 5) is 0. The Kier molecular flexibility index (Phi) is 6.03. The molecule has 0 aliphatic heterocycles. The lowest BCUT2D eigenvalue weighted by Gasteiger charge is -2.28. The van der Waals surface area contributed by atoms with Crippen molar-refractivity contribution in [2.24, 2.45) is 0 Å². The van der Waals surface area contributed by atoms with Crippen molar-refractivity contribution in [1.82, 2.24) is 0 Å². The van der Waals surface area contributed by atoms with Gasteiger partial charge in [-0.1, -0.05) is 6.08 Å². The average Bonchev–Trinajstić information content (AvgIpc) is 2.02. The van der Waals surface area contributed by atoms with E-state index in [4.69, 9.17) is 9.47 Å². The van der Waals surface area contributed by atoms with Crippen molar-refractivity contribution >= 4 is 0 Å². The molecule has 72 valence electrons. The van der Waals surface area contributed by atoms with E-state index in [9.17, 15) is 0 Å². The van der Waals surface area contributed by atoms with Crippen LogP contribution in [0.1, 0.15) is 33.6 Å². The van der Waals surface area contributed by atoms with Gasteiger partial charge in [0.25, 0.3) is 0 Å². The molecule has 2 heteroatoms. The summed E-state index contributed by atoms with van der Waals surface area (Å²) < 4.78 is 11.0. The molecule has 0 aliphatic rings. The van der Waals surface area contributed by atoms with Gasteiger partial charge < -0.3 is 9.47 Å². The van der Waals surface area contributed by atoms with Crippen molar-refractivity contribution in [3.8, 4) is 0 Å². The molecule has 0 radical (unpaired) electrons. The predicted octanol–water partition coefficient (Wildman–Crippen LogP) is 2.74. The first-order valence-corrected chi connectivity index (χ1v) is 4.57. The van der Waals surface area contributed by atoms with Crippen molar-refractivity contribution < 1.29 is 9.47 Å². The predicted molar refractivity (Wildman–Crippen MR) is 51.1 cm³/mol. The first kappa shape index (κ1) is 11.7. The molecule has 0 amide bonds. The van der Waals surface area contributed by atoms with Gasteiger partial charge in [0.2, 0.25) is 0 Å². The Bertz CT molecular complexity index is 115. The molecule has 0 spiro atoms. The second kappa shape index (κ2) is 6.21. The minimum atomic E-state index is -0.419. The van der Waals surface area contributed by atoms with Gasteiger partial charge in [0.05, 0.1) is 0 Å². The molecule has 0 aromatic carbocycles. The summed E-state index contributed by atoms with van der Waals surface area (Å²) in [6, 6.07) is 0. The van der Waals surface area contributed by atoms with Gasteiger partial charge in [0, 0.05) is 19.6 Å². The minimum absolute atomic E-state index is 0.419. The summed E-state index contributed by atoms with van der Waals surface area (Å²) in [5, 5.41) is 0. The fourth-order valence-electron chi connectivity index (χ4n) is 1.16. The third-order valence-electron chi connectivity index (χ3n) is 1.70. The molecule has 0 aliphatic carbocycles. The Morgan fingerprint density at radius 3 is 2.08 bits per heavy atom. The Morgan fingerprint density at radius 1 is 1.25 bits per heavy atom. The van der Waals surface area contributed by atoms with Gasteiger partial charge in [-0.05, 0) is 27.2 Å². The van der Waals surface area contributed by atoms with Gasteiger partial charge in [0.15, 0.2) is 5.79 Å². The number of rotatable bonds is 7. The van der Waals surface area contributed by atoms with Crippen LogP contribution in [0, 0.1) is 0 Å². The fraction of sp³-hybridized carbons (Fsp3) is 0.800.